The number of nitrogens with zero attached hydrogens (tertiary/aromatic N) is 1. The molecule has 1 aliphatic carbocycles. The third-order valence-electron chi connectivity index (χ3n) is 4.89. The standard InChI is InChI=1S/C16H26N2S/c1-3-14-6-7-15(19-14)11-18-12-16(8-4-5-9-16)17-10-13(18)2/h6-7,13,17H,3-5,8-12H2,1-2H3. The molecule has 1 spiro atoms. The summed E-state index contributed by atoms with van der Waals surface area (Å²) >= 11 is 2.00. The third-order valence-corrected chi connectivity index (χ3v) is 6.10. The van der Waals surface area contributed by atoms with E-state index in [0.717, 1.165) is 13.1 Å². The first kappa shape index (κ1) is 13.6. The normalized spacial score (nSPS) is 27.2. The average molecular weight is 278 g/mol. The van der Waals surface area contributed by atoms with Crippen LogP contribution in [0.3, 0.4) is 0 Å². The van der Waals surface area contributed by atoms with Crippen molar-refractivity contribution in [1.29, 1.82) is 0 Å². The smallest absolute Gasteiger partial charge is 0.0332 e. The highest BCUT2D eigenvalue weighted by atomic mass is 32.1. The summed E-state index contributed by atoms with van der Waals surface area (Å²) in [6.07, 6.45) is 6.75. The molecule has 1 saturated carbocycles. The Morgan fingerprint density at radius 2 is 2.05 bits per heavy atom. The van der Waals surface area contributed by atoms with Gasteiger partial charge in [0.25, 0.3) is 0 Å². The molecule has 1 aliphatic heterocycles. The fourth-order valence-electron chi connectivity index (χ4n) is 3.59. The van der Waals surface area contributed by atoms with Gasteiger partial charge in [0.15, 0.2) is 0 Å². The molecule has 3 rings (SSSR count). The molecule has 1 atom stereocenters. The van der Waals surface area contributed by atoms with Gasteiger partial charge in [-0.1, -0.05) is 19.8 Å². The van der Waals surface area contributed by atoms with Gasteiger partial charge in [-0.15, -0.1) is 11.3 Å². The molecule has 19 heavy (non-hydrogen) atoms. The highest BCUT2D eigenvalue weighted by Gasteiger charge is 2.39. The van der Waals surface area contributed by atoms with Gasteiger partial charge in [-0.05, 0) is 38.3 Å². The van der Waals surface area contributed by atoms with E-state index in [0.29, 0.717) is 11.6 Å². The van der Waals surface area contributed by atoms with Gasteiger partial charge in [-0.3, -0.25) is 4.90 Å². The lowest BCUT2D eigenvalue weighted by molar-refractivity contribution is 0.0836. The van der Waals surface area contributed by atoms with E-state index in [1.165, 1.54) is 43.5 Å². The van der Waals surface area contributed by atoms with E-state index in [-0.39, 0.29) is 0 Å². The molecule has 1 unspecified atom stereocenters. The largest absolute Gasteiger partial charge is 0.308 e. The van der Waals surface area contributed by atoms with Gasteiger partial charge in [0, 0.05) is 41.0 Å². The summed E-state index contributed by atoms with van der Waals surface area (Å²) < 4.78 is 0. The summed E-state index contributed by atoms with van der Waals surface area (Å²) in [6.45, 7) is 8.16. The number of rotatable bonds is 3. The molecule has 1 saturated heterocycles. The molecule has 1 N–H and O–H groups in total. The highest BCUT2D eigenvalue weighted by molar-refractivity contribution is 7.11. The van der Waals surface area contributed by atoms with Crippen LogP contribution in [0.15, 0.2) is 12.1 Å². The monoisotopic (exact) mass is 278 g/mol. The van der Waals surface area contributed by atoms with Gasteiger partial charge < -0.3 is 5.32 Å². The lowest BCUT2D eigenvalue weighted by Gasteiger charge is -2.45. The van der Waals surface area contributed by atoms with Crippen LogP contribution in [0.4, 0.5) is 0 Å². The van der Waals surface area contributed by atoms with E-state index in [1.807, 2.05) is 11.3 Å². The Balaban J connectivity index is 1.67. The van der Waals surface area contributed by atoms with Gasteiger partial charge in [0.1, 0.15) is 0 Å². The second-order valence-electron chi connectivity index (χ2n) is 6.34. The van der Waals surface area contributed by atoms with Crippen LogP contribution in [0, 0.1) is 0 Å². The van der Waals surface area contributed by atoms with E-state index in [9.17, 15) is 0 Å². The van der Waals surface area contributed by atoms with Crippen LogP contribution >= 0.6 is 11.3 Å². The first-order chi connectivity index (χ1) is 9.21. The number of thiophene rings is 1. The minimum absolute atomic E-state index is 0.442. The van der Waals surface area contributed by atoms with Gasteiger partial charge in [0.2, 0.25) is 0 Å². The minimum atomic E-state index is 0.442. The molecule has 0 bridgehead atoms. The third kappa shape index (κ3) is 2.88. The summed E-state index contributed by atoms with van der Waals surface area (Å²) in [5, 5.41) is 3.84. The van der Waals surface area contributed by atoms with Crippen molar-refractivity contribution in [3.63, 3.8) is 0 Å². The minimum Gasteiger partial charge on any atom is -0.308 e. The number of nitrogens with one attached hydrogen (secondary N) is 1. The van der Waals surface area contributed by atoms with Crippen LogP contribution in [-0.4, -0.2) is 29.6 Å². The van der Waals surface area contributed by atoms with Crippen LogP contribution in [0.5, 0.6) is 0 Å². The first-order valence-corrected chi connectivity index (χ1v) is 8.59. The van der Waals surface area contributed by atoms with Crippen molar-refractivity contribution in [3.05, 3.63) is 21.9 Å². The van der Waals surface area contributed by atoms with E-state index in [4.69, 9.17) is 0 Å². The fraction of sp³-hybridized carbons (Fsp3) is 0.750. The molecular weight excluding hydrogens is 252 g/mol. The quantitative estimate of drug-likeness (QED) is 0.911. The summed E-state index contributed by atoms with van der Waals surface area (Å²) in [7, 11) is 0. The van der Waals surface area contributed by atoms with E-state index in [2.05, 4.69) is 36.2 Å². The Morgan fingerprint density at radius 3 is 2.74 bits per heavy atom. The van der Waals surface area contributed by atoms with Gasteiger partial charge in [-0.2, -0.15) is 0 Å². The van der Waals surface area contributed by atoms with Crippen LogP contribution in [-0.2, 0) is 13.0 Å². The van der Waals surface area contributed by atoms with Crippen molar-refractivity contribution >= 4 is 11.3 Å². The Kier molecular flexibility index (Phi) is 3.97. The summed E-state index contributed by atoms with van der Waals surface area (Å²) in [6, 6.07) is 5.30. The maximum absolute atomic E-state index is 3.84. The second kappa shape index (κ2) is 5.55. The van der Waals surface area contributed by atoms with Gasteiger partial charge >= 0.3 is 0 Å². The first-order valence-electron chi connectivity index (χ1n) is 7.77. The summed E-state index contributed by atoms with van der Waals surface area (Å²) in [5.74, 6) is 0. The fourth-order valence-corrected chi connectivity index (χ4v) is 4.57. The van der Waals surface area contributed by atoms with Crippen LogP contribution < -0.4 is 5.32 Å². The Morgan fingerprint density at radius 1 is 1.32 bits per heavy atom. The van der Waals surface area contributed by atoms with Crippen molar-refractivity contribution < 1.29 is 0 Å². The van der Waals surface area contributed by atoms with Crippen molar-refractivity contribution in [3.8, 4) is 0 Å². The molecule has 106 valence electrons. The zero-order valence-corrected chi connectivity index (χ0v) is 13.1. The number of aryl methyl sites for hydroxylation is 1. The predicted molar refractivity (Wildman–Crippen MR) is 82.8 cm³/mol. The van der Waals surface area contributed by atoms with Crippen LogP contribution in [0.25, 0.3) is 0 Å². The number of hydrogen-bond donors (Lipinski definition) is 1. The number of piperazine rings is 1. The Hall–Kier alpha value is -0.380. The predicted octanol–water partition coefficient (Wildman–Crippen LogP) is 3.42. The summed E-state index contributed by atoms with van der Waals surface area (Å²) in [5.41, 5.74) is 0.442. The molecule has 0 radical (unpaired) electrons. The summed E-state index contributed by atoms with van der Waals surface area (Å²) in [4.78, 5) is 5.76. The van der Waals surface area contributed by atoms with Gasteiger partial charge in [-0.25, -0.2) is 0 Å². The zero-order chi connectivity index (χ0) is 13.3. The lowest BCUT2D eigenvalue weighted by Crippen LogP contribution is -2.61. The second-order valence-corrected chi connectivity index (χ2v) is 7.60. The number of hydrogen-bond acceptors (Lipinski definition) is 3. The van der Waals surface area contributed by atoms with E-state index in [1.54, 1.807) is 4.88 Å². The van der Waals surface area contributed by atoms with E-state index < -0.39 is 0 Å². The van der Waals surface area contributed by atoms with Crippen molar-refractivity contribution in [2.75, 3.05) is 13.1 Å². The van der Waals surface area contributed by atoms with Crippen molar-refractivity contribution in [2.45, 2.75) is 64.1 Å². The maximum Gasteiger partial charge on any atom is 0.0332 e. The van der Waals surface area contributed by atoms with Crippen LogP contribution in [0.2, 0.25) is 0 Å². The molecule has 2 aliphatic rings. The van der Waals surface area contributed by atoms with Gasteiger partial charge in [0.05, 0.1) is 0 Å². The molecule has 2 fully saturated rings. The van der Waals surface area contributed by atoms with Crippen molar-refractivity contribution in [1.82, 2.24) is 10.2 Å². The van der Waals surface area contributed by atoms with Crippen molar-refractivity contribution in [2.24, 2.45) is 0 Å². The highest BCUT2D eigenvalue weighted by Crippen LogP contribution is 2.34. The molecule has 3 heteroatoms. The molecular formula is C16H26N2S. The Labute approximate surface area is 121 Å². The molecule has 2 nitrogen and oxygen atoms in total. The topological polar surface area (TPSA) is 15.3 Å². The molecule has 1 aromatic heterocycles. The molecule has 2 heterocycles. The lowest BCUT2D eigenvalue weighted by atomic mass is 9.92. The SMILES string of the molecule is CCc1ccc(CN2CC3(CCCC3)NCC2C)s1. The molecule has 0 amide bonds. The molecule has 0 aromatic carbocycles. The van der Waals surface area contributed by atoms with E-state index >= 15 is 0 Å². The zero-order valence-electron chi connectivity index (χ0n) is 12.2. The maximum atomic E-state index is 3.84. The Bertz CT molecular complexity index is 420. The average Bonchev–Trinajstić information content (AvgIpc) is 3.04. The van der Waals surface area contributed by atoms with Crippen LogP contribution in [0.1, 0.15) is 49.3 Å². The molecule has 1 aromatic rings.